The third-order valence-corrected chi connectivity index (χ3v) is 23.6. The molecule has 0 saturated carbocycles. The Bertz CT molecular complexity index is 2850. The van der Waals surface area contributed by atoms with Crippen molar-refractivity contribution in [1.82, 2.24) is 42.5 Å². The molecular formula is C91H156N8O21. The molecule has 1 aromatic rings. The summed E-state index contributed by atoms with van der Waals surface area (Å²) >= 11 is 0. The van der Waals surface area contributed by atoms with Crippen molar-refractivity contribution < 1.29 is 100 Å². The number of benzene rings is 1. The molecule has 6 unspecified atom stereocenters. The highest BCUT2D eigenvalue weighted by atomic mass is 16.7. The SMILES string of the molecule is CCC1O[C@@H](OCCCCC(=O)NCCCCC(=O)CCOCC(COCCC(=O)NCCCNC(=O)CCCCO[C@@H]2OC(CC)[C@@H](C)[C@H](C)C2NC(C)=O)(COCCC(=O)NCCCNC(=O)CCCCO[C@@H]2OC(CC)[C@@H](C)[C@H](C)C2NC(C)=O)CC(=O)CCCCCCCCCCC(=O)OCc2ccccc2)C(NC(C)=O)[C@@H](C)[C@@H]1C. The summed E-state index contributed by atoms with van der Waals surface area (Å²) in [7, 11) is 0. The van der Waals surface area contributed by atoms with Gasteiger partial charge in [-0.25, -0.2) is 0 Å². The van der Waals surface area contributed by atoms with Crippen LogP contribution in [-0.2, 0) is 107 Å². The molecule has 3 fully saturated rings. The van der Waals surface area contributed by atoms with Crippen molar-refractivity contribution in [2.75, 3.05) is 92.2 Å². The number of amides is 8. The lowest BCUT2D eigenvalue weighted by Gasteiger charge is -2.44. The normalized spacial score (nSPS) is 23.3. The number of ether oxygens (including phenoxy) is 10. The van der Waals surface area contributed by atoms with Crippen LogP contribution in [-0.4, -0.2) is 212 Å². The Kier molecular flexibility index (Phi) is 55.1. The molecule has 0 spiro atoms. The van der Waals surface area contributed by atoms with Gasteiger partial charge in [0, 0.05) is 143 Å². The molecule has 0 radical (unpaired) electrons. The van der Waals surface area contributed by atoms with Crippen molar-refractivity contribution in [2.24, 2.45) is 40.9 Å². The monoisotopic (exact) mass is 1700 g/mol. The summed E-state index contributed by atoms with van der Waals surface area (Å²) in [4.78, 5) is 141. The second kappa shape index (κ2) is 62.5. The predicted octanol–water partition coefficient (Wildman–Crippen LogP) is 11.2. The molecule has 686 valence electrons. The Balaban J connectivity index is 1.29. The Hall–Kier alpha value is -6.57. The van der Waals surface area contributed by atoms with Gasteiger partial charge in [-0.1, -0.05) is 131 Å². The third kappa shape index (κ3) is 44.7. The van der Waals surface area contributed by atoms with E-state index in [0.29, 0.717) is 155 Å². The number of Topliss-reactive ketones (excluding diaryl/α,β-unsaturated/α-hetero) is 2. The fraction of sp³-hybridized carbons (Fsp3) is 0.813. The van der Waals surface area contributed by atoms with E-state index in [2.05, 4.69) is 105 Å². The Morgan fingerprint density at radius 2 is 0.658 bits per heavy atom. The summed E-state index contributed by atoms with van der Waals surface area (Å²) in [5.74, 6) is -0.305. The van der Waals surface area contributed by atoms with Crippen LogP contribution in [0.2, 0.25) is 0 Å². The maximum atomic E-state index is 14.2. The van der Waals surface area contributed by atoms with E-state index >= 15 is 0 Å². The number of hydrogen-bond donors (Lipinski definition) is 8. The molecule has 0 bridgehead atoms. The molecule has 3 aliphatic heterocycles. The first-order valence-electron chi connectivity index (χ1n) is 45.6. The maximum absolute atomic E-state index is 14.2. The molecule has 3 saturated heterocycles. The molecule has 29 nitrogen and oxygen atoms in total. The van der Waals surface area contributed by atoms with Crippen LogP contribution in [0, 0.1) is 40.9 Å². The highest BCUT2D eigenvalue weighted by Gasteiger charge is 2.45. The van der Waals surface area contributed by atoms with Gasteiger partial charge in [0.15, 0.2) is 18.9 Å². The largest absolute Gasteiger partial charge is 0.461 e. The highest BCUT2D eigenvalue weighted by Crippen LogP contribution is 2.36. The molecular weight excluding hydrogens is 1540 g/mol. The number of unbranched alkanes of at least 4 members (excludes halogenated alkanes) is 11. The summed E-state index contributed by atoms with van der Waals surface area (Å²) in [6.45, 7) is 26.5. The van der Waals surface area contributed by atoms with Crippen molar-refractivity contribution in [3.8, 4) is 0 Å². The van der Waals surface area contributed by atoms with Crippen molar-refractivity contribution in [1.29, 1.82) is 0 Å². The molecule has 0 aliphatic carbocycles. The maximum Gasteiger partial charge on any atom is 0.306 e. The lowest BCUT2D eigenvalue weighted by molar-refractivity contribution is -0.236. The van der Waals surface area contributed by atoms with Gasteiger partial charge in [-0.15, -0.1) is 0 Å². The predicted molar refractivity (Wildman–Crippen MR) is 458 cm³/mol. The zero-order chi connectivity index (χ0) is 87.9. The first-order valence-corrected chi connectivity index (χ1v) is 45.6. The number of carbonyl (C=O) groups is 11. The van der Waals surface area contributed by atoms with Crippen molar-refractivity contribution in [2.45, 2.75) is 344 Å². The average Bonchev–Trinajstić information content (AvgIpc) is 0.820. The zero-order valence-corrected chi connectivity index (χ0v) is 75.1. The number of ketones is 2. The van der Waals surface area contributed by atoms with E-state index < -0.39 is 24.3 Å². The Labute approximate surface area is 717 Å². The van der Waals surface area contributed by atoms with Crippen LogP contribution in [0.1, 0.15) is 288 Å². The van der Waals surface area contributed by atoms with Crippen LogP contribution < -0.4 is 42.5 Å². The molecule has 120 heavy (non-hydrogen) atoms. The van der Waals surface area contributed by atoms with Crippen LogP contribution in [0.4, 0.5) is 0 Å². The van der Waals surface area contributed by atoms with Gasteiger partial charge < -0.3 is 89.9 Å². The van der Waals surface area contributed by atoms with E-state index in [1.807, 2.05) is 30.3 Å². The van der Waals surface area contributed by atoms with Crippen molar-refractivity contribution >= 4 is 64.8 Å². The molecule has 15 atom stereocenters. The lowest BCUT2D eigenvalue weighted by Crippen LogP contribution is -2.57. The fourth-order valence-electron chi connectivity index (χ4n) is 15.7. The lowest BCUT2D eigenvalue weighted by atomic mass is 9.81. The van der Waals surface area contributed by atoms with E-state index in [1.54, 1.807) is 0 Å². The second-order valence-corrected chi connectivity index (χ2v) is 33.7. The van der Waals surface area contributed by atoms with Gasteiger partial charge in [0.25, 0.3) is 0 Å². The quantitative estimate of drug-likeness (QED) is 0.0222. The number of hydrogen-bond acceptors (Lipinski definition) is 21. The van der Waals surface area contributed by atoms with Crippen molar-refractivity contribution in [3.63, 3.8) is 0 Å². The summed E-state index contributed by atoms with van der Waals surface area (Å²) < 4.78 is 61.4. The van der Waals surface area contributed by atoms with E-state index in [-0.39, 0.29) is 215 Å². The highest BCUT2D eigenvalue weighted by molar-refractivity contribution is 5.80. The first kappa shape index (κ1) is 106. The molecule has 8 amide bonds. The minimum absolute atomic E-state index is 0.000258. The molecule has 3 aliphatic rings. The van der Waals surface area contributed by atoms with E-state index in [0.717, 1.165) is 69.8 Å². The summed E-state index contributed by atoms with van der Waals surface area (Å²) in [6, 6.07) is 8.79. The van der Waals surface area contributed by atoms with Crippen LogP contribution in [0.5, 0.6) is 0 Å². The number of esters is 1. The van der Waals surface area contributed by atoms with Gasteiger partial charge in [0.1, 0.15) is 18.2 Å². The van der Waals surface area contributed by atoms with E-state index in [1.165, 1.54) is 20.8 Å². The van der Waals surface area contributed by atoms with Gasteiger partial charge in [0.05, 0.1) is 76.1 Å². The third-order valence-electron chi connectivity index (χ3n) is 23.6. The van der Waals surface area contributed by atoms with Crippen molar-refractivity contribution in [3.05, 3.63) is 35.9 Å². The standard InChI is InChI=1S/C91H156N8O21/c1-13-76-64(4)67(7)85(97-70(10)100)88(118-76)114-53-32-28-41-79(105)92-48-31-27-39-74(103)45-56-111-61-91(59-75(104)40-25-20-18-16-17-19-21-26-44-84(110)117-60-73-37-23-22-24-38-73,62-112-57-46-82(108)95-51-35-49-93-80(106)42-29-33-54-115-89-86(98-71(11)101)68(8)65(5)77(14-2)119-89)63-113-58-47-83(109)96-52-36-50-94-81(107)43-30-34-55-116-90-87(99-72(12)102)69(9)66(6)78(15-3)120-90/h22-24,37-38,64-69,76-78,85-90H,13-21,25-36,39-63H2,1-12H3,(H,92,105)(H,93,106)(H,94,107)(H,95,108)(H,96,109)(H,97,100)(H,98,101)(H,99,102)/t64-,65-,66-,67-,68-,69-,76?,77?,78?,85?,86?,87?,88+,89+,90+,91?/m0/s1. The van der Waals surface area contributed by atoms with Gasteiger partial charge in [-0.2, -0.15) is 0 Å². The molecule has 3 heterocycles. The van der Waals surface area contributed by atoms with Crippen LogP contribution in [0.15, 0.2) is 30.3 Å². The summed E-state index contributed by atoms with van der Waals surface area (Å²) in [5.41, 5.74) is -0.124. The summed E-state index contributed by atoms with van der Waals surface area (Å²) in [6.07, 6.45) is 15.7. The van der Waals surface area contributed by atoms with Gasteiger partial charge >= 0.3 is 5.97 Å². The minimum atomic E-state index is -1.08. The van der Waals surface area contributed by atoms with Gasteiger partial charge in [-0.05, 0) is 137 Å². The van der Waals surface area contributed by atoms with Crippen LogP contribution >= 0.6 is 0 Å². The number of carbonyl (C=O) groups excluding carboxylic acids is 11. The molecule has 1 aromatic carbocycles. The Morgan fingerprint density at radius 1 is 0.342 bits per heavy atom. The second-order valence-electron chi connectivity index (χ2n) is 33.7. The average molecular weight is 1700 g/mol. The smallest absolute Gasteiger partial charge is 0.306 e. The fourth-order valence-corrected chi connectivity index (χ4v) is 15.7. The first-order chi connectivity index (χ1) is 57.7. The van der Waals surface area contributed by atoms with E-state index in [4.69, 9.17) is 47.4 Å². The zero-order valence-electron chi connectivity index (χ0n) is 75.1. The van der Waals surface area contributed by atoms with E-state index in [9.17, 15) is 52.7 Å². The van der Waals surface area contributed by atoms with Gasteiger partial charge in [0.2, 0.25) is 47.3 Å². The number of rotatable bonds is 67. The number of nitrogens with one attached hydrogen (secondary N) is 8. The molecule has 4 rings (SSSR count). The topological polar surface area (TPSA) is 376 Å². The molecule has 8 N–H and O–H groups in total. The molecule has 29 heteroatoms. The van der Waals surface area contributed by atoms with Crippen LogP contribution in [0.3, 0.4) is 0 Å². The molecule has 0 aromatic heterocycles. The van der Waals surface area contributed by atoms with Crippen LogP contribution in [0.25, 0.3) is 0 Å². The Morgan fingerprint density at radius 3 is 1.02 bits per heavy atom. The minimum Gasteiger partial charge on any atom is -0.461 e. The summed E-state index contributed by atoms with van der Waals surface area (Å²) in [5, 5.41) is 23.6. The van der Waals surface area contributed by atoms with Gasteiger partial charge in [-0.3, -0.25) is 52.7 Å².